The van der Waals surface area contributed by atoms with Crippen LogP contribution in [-0.4, -0.2) is 51.1 Å². The van der Waals surface area contributed by atoms with E-state index in [4.69, 9.17) is 34.2 Å². The molecule has 0 bridgehead atoms. The number of halogens is 2. The van der Waals surface area contributed by atoms with Crippen molar-refractivity contribution in [2.24, 2.45) is 0 Å². The van der Waals surface area contributed by atoms with Gasteiger partial charge in [-0.25, -0.2) is 4.79 Å². The number of anilines is 1. The molecule has 0 saturated carbocycles. The van der Waals surface area contributed by atoms with E-state index < -0.39 is 11.5 Å². The zero-order chi connectivity index (χ0) is 31.4. The highest BCUT2D eigenvalue weighted by atomic mass is 35.5. The van der Waals surface area contributed by atoms with Crippen molar-refractivity contribution in [3.05, 3.63) is 94.7 Å². The zero-order valence-electron chi connectivity index (χ0n) is 25.7. The van der Waals surface area contributed by atoms with Crippen LogP contribution in [0, 0.1) is 0 Å². The fraction of sp³-hybridized carbons (Fsp3) is 0.182. The Morgan fingerprint density at radius 1 is 0.783 bits per heavy atom. The van der Waals surface area contributed by atoms with Gasteiger partial charge in [-0.1, -0.05) is 6.07 Å². The molecule has 0 amide bonds. The van der Waals surface area contributed by atoms with Gasteiger partial charge in [-0.05, 0) is 66.2 Å². The molecular formula is C33H33Cl2N3O8. The summed E-state index contributed by atoms with van der Waals surface area (Å²) in [6.07, 6.45) is 1.67. The Bertz CT molecular complexity index is 1870. The second-order valence-electron chi connectivity index (χ2n) is 9.52. The Morgan fingerprint density at radius 2 is 1.41 bits per heavy atom. The van der Waals surface area contributed by atoms with Crippen LogP contribution in [0.3, 0.4) is 0 Å². The molecule has 0 spiro atoms. The summed E-state index contributed by atoms with van der Waals surface area (Å²) in [5, 5.41) is 0.647. The average Bonchev–Trinajstić information content (AvgIpc) is 3.06. The Morgan fingerprint density at radius 3 is 1.96 bits per heavy atom. The van der Waals surface area contributed by atoms with Crippen molar-refractivity contribution in [3.63, 3.8) is 0 Å². The van der Waals surface area contributed by atoms with E-state index in [1.165, 1.54) is 40.1 Å². The molecule has 11 nitrogen and oxygen atoms in total. The minimum atomic E-state index is -0.753. The first-order valence-corrected chi connectivity index (χ1v) is 13.4. The Kier molecular flexibility index (Phi) is 11.7. The molecule has 0 atom stereocenters. The molecule has 2 aromatic heterocycles. The molecule has 13 heteroatoms. The van der Waals surface area contributed by atoms with Crippen molar-refractivity contribution in [1.82, 2.24) is 9.55 Å². The van der Waals surface area contributed by atoms with Gasteiger partial charge in [0.25, 0.3) is 5.56 Å². The first-order valence-electron chi connectivity index (χ1n) is 13.4. The highest BCUT2D eigenvalue weighted by Gasteiger charge is 2.28. The third-order valence-electron chi connectivity index (χ3n) is 7.05. The van der Waals surface area contributed by atoms with Crippen molar-refractivity contribution < 1.29 is 33.2 Å². The maximum atomic E-state index is 14.3. The molecule has 2 N–H and O–H groups in total. The number of nitrogens with two attached hydrogens (primary N) is 1. The van der Waals surface area contributed by atoms with Crippen molar-refractivity contribution in [2.75, 3.05) is 41.3 Å². The van der Waals surface area contributed by atoms with E-state index in [0.29, 0.717) is 62.3 Å². The molecule has 0 fully saturated rings. The standard InChI is InChI=1S/C33H31N3O8.2ClH/c1-39-25-17-24-23(16-26(25)44-18-21-8-6-7-13-35-21)29(19-14-27(40-2)31(42-4)28(15-19)41-3)30(33(38)43-5)36(32(24)37)22-11-9-20(34)10-12-22;;/h6-17H,18,34H2,1-5H3;2*1H. The lowest BCUT2D eigenvalue weighted by atomic mass is 9.95. The van der Waals surface area contributed by atoms with Crippen LogP contribution in [0.25, 0.3) is 27.6 Å². The molecule has 0 radical (unpaired) electrons. The third-order valence-corrected chi connectivity index (χ3v) is 7.05. The van der Waals surface area contributed by atoms with Crippen LogP contribution >= 0.6 is 24.8 Å². The van der Waals surface area contributed by atoms with E-state index in [0.717, 1.165) is 0 Å². The summed E-state index contributed by atoms with van der Waals surface area (Å²) in [5.74, 6) is 0.940. The lowest BCUT2D eigenvalue weighted by Crippen LogP contribution is -2.27. The maximum Gasteiger partial charge on any atom is 0.355 e. The van der Waals surface area contributed by atoms with Crippen LogP contribution in [0.4, 0.5) is 5.69 Å². The number of esters is 1. The van der Waals surface area contributed by atoms with Crippen molar-refractivity contribution in [2.45, 2.75) is 6.61 Å². The predicted molar refractivity (Wildman–Crippen MR) is 180 cm³/mol. The van der Waals surface area contributed by atoms with Crippen LogP contribution in [0.1, 0.15) is 16.2 Å². The monoisotopic (exact) mass is 669 g/mol. The van der Waals surface area contributed by atoms with E-state index >= 15 is 0 Å². The van der Waals surface area contributed by atoms with Gasteiger partial charge in [0.2, 0.25) is 5.75 Å². The number of nitrogen functional groups attached to an aromatic ring is 1. The number of ether oxygens (including phenoxy) is 6. The van der Waals surface area contributed by atoms with E-state index in [9.17, 15) is 9.59 Å². The van der Waals surface area contributed by atoms with Gasteiger partial charge in [-0.3, -0.25) is 14.3 Å². The molecule has 0 unspecified atom stereocenters. The molecule has 3 aromatic carbocycles. The SMILES string of the molecule is COC(=O)c1c(-c2cc(OC)c(OC)c(OC)c2)c2cc(OCc3ccccn3)c(OC)cc2c(=O)n1-c1ccc(N)cc1.Cl.Cl. The normalized spacial score (nSPS) is 10.3. The number of hydrogen-bond donors (Lipinski definition) is 1. The Balaban J connectivity index is 0.00000288. The summed E-state index contributed by atoms with van der Waals surface area (Å²) >= 11 is 0. The fourth-order valence-electron chi connectivity index (χ4n) is 4.99. The molecule has 0 aliphatic carbocycles. The van der Waals surface area contributed by atoms with E-state index in [1.807, 2.05) is 18.2 Å². The smallest absolute Gasteiger partial charge is 0.355 e. The third kappa shape index (κ3) is 6.60. The predicted octanol–water partition coefficient (Wildman–Crippen LogP) is 5.88. The van der Waals surface area contributed by atoms with Crippen molar-refractivity contribution >= 4 is 47.2 Å². The number of fused-ring (bicyclic) bond motifs is 1. The molecule has 0 aliphatic rings. The summed E-state index contributed by atoms with van der Waals surface area (Å²) in [7, 11) is 7.21. The summed E-state index contributed by atoms with van der Waals surface area (Å²) in [4.78, 5) is 32.3. The molecule has 2 heterocycles. The van der Waals surface area contributed by atoms with Gasteiger partial charge in [-0.2, -0.15) is 0 Å². The molecule has 5 rings (SSSR count). The summed E-state index contributed by atoms with van der Waals surface area (Å²) in [6, 6.07) is 18.7. The number of methoxy groups -OCH3 is 5. The number of benzene rings is 3. The van der Waals surface area contributed by atoms with E-state index in [1.54, 1.807) is 54.7 Å². The number of hydrogen-bond acceptors (Lipinski definition) is 10. The number of nitrogens with zero attached hydrogens (tertiary/aromatic N) is 2. The van der Waals surface area contributed by atoms with Crippen LogP contribution in [-0.2, 0) is 11.3 Å². The molecule has 242 valence electrons. The fourth-order valence-corrected chi connectivity index (χ4v) is 4.99. The largest absolute Gasteiger partial charge is 0.493 e. The molecule has 46 heavy (non-hydrogen) atoms. The second kappa shape index (κ2) is 15.2. The lowest BCUT2D eigenvalue weighted by Gasteiger charge is -2.21. The highest BCUT2D eigenvalue weighted by Crippen LogP contribution is 2.45. The average molecular weight is 671 g/mol. The maximum absolute atomic E-state index is 14.3. The quantitative estimate of drug-likeness (QED) is 0.142. The molecular weight excluding hydrogens is 637 g/mol. The van der Waals surface area contributed by atoms with Gasteiger partial charge < -0.3 is 34.2 Å². The van der Waals surface area contributed by atoms with Crippen LogP contribution in [0.15, 0.2) is 77.7 Å². The van der Waals surface area contributed by atoms with E-state index in [-0.39, 0.29) is 42.5 Å². The topological polar surface area (TPSA) is 133 Å². The number of aromatic nitrogens is 2. The summed E-state index contributed by atoms with van der Waals surface area (Å²) in [6.45, 7) is 0.134. The number of carbonyl (C=O) groups is 1. The Hall–Kier alpha value is -5.13. The zero-order valence-corrected chi connectivity index (χ0v) is 27.3. The van der Waals surface area contributed by atoms with Gasteiger partial charge in [0.05, 0.1) is 46.6 Å². The minimum Gasteiger partial charge on any atom is -0.493 e. The molecule has 5 aromatic rings. The Labute approximate surface area is 277 Å². The van der Waals surface area contributed by atoms with Crippen LogP contribution in [0.5, 0.6) is 28.7 Å². The van der Waals surface area contributed by atoms with Gasteiger partial charge in [0, 0.05) is 28.5 Å². The molecule has 0 saturated heterocycles. The molecule has 0 aliphatic heterocycles. The van der Waals surface area contributed by atoms with Crippen LogP contribution < -0.4 is 35.0 Å². The summed E-state index contributed by atoms with van der Waals surface area (Å²) < 4.78 is 35.1. The second-order valence-corrected chi connectivity index (χ2v) is 9.52. The van der Waals surface area contributed by atoms with Crippen LogP contribution in [0.2, 0.25) is 0 Å². The lowest BCUT2D eigenvalue weighted by molar-refractivity contribution is 0.0591. The number of carbonyl (C=O) groups excluding carboxylic acids is 1. The summed E-state index contributed by atoms with van der Waals surface area (Å²) in [5.41, 5.74) is 7.83. The number of rotatable bonds is 10. The highest BCUT2D eigenvalue weighted by molar-refractivity contribution is 6.08. The first kappa shape index (κ1) is 35.4. The van der Waals surface area contributed by atoms with E-state index in [2.05, 4.69) is 4.98 Å². The minimum absolute atomic E-state index is 0. The van der Waals surface area contributed by atoms with Gasteiger partial charge in [0.15, 0.2) is 23.0 Å². The number of pyridine rings is 2. The van der Waals surface area contributed by atoms with Crippen molar-refractivity contribution in [3.8, 4) is 45.6 Å². The van der Waals surface area contributed by atoms with Gasteiger partial charge in [-0.15, -0.1) is 24.8 Å². The van der Waals surface area contributed by atoms with Gasteiger partial charge in [0.1, 0.15) is 12.3 Å². The van der Waals surface area contributed by atoms with Gasteiger partial charge >= 0.3 is 5.97 Å². The van der Waals surface area contributed by atoms with Crippen molar-refractivity contribution in [1.29, 1.82) is 0 Å². The first-order chi connectivity index (χ1) is 21.3.